The van der Waals surface area contributed by atoms with Crippen LogP contribution in [0.3, 0.4) is 0 Å². The van der Waals surface area contributed by atoms with Crippen molar-refractivity contribution >= 4 is 22.5 Å². The minimum atomic E-state index is -1.23. The van der Waals surface area contributed by atoms with Gasteiger partial charge in [0.15, 0.2) is 5.78 Å². The number of hydrogen-bond acceptors (Lipinski definition) is 4. The van der Waals surface area contributed by atoms with Crippen LogP contribution in [0, 0.1) is 0 Å². The number of allylic oxidation sites excluding steroid dienone is 1. The normalized spacial score (nSPS) is 11.8. The third-order valence-electron chi connectivity index (χ3n) is 3.58. The molecule has 0 spiro atoms. The van der Waals surface area contributed by atoms with Crippen molar-refractivity contribution in [3.8, 4) is 5.75 Å². The third kappa shape index (κ3) is 3.37. The van der Waals surface area contributed by atoms with Gasteiger partial charge in [-0.05, 0) is 25.1 Å². The zero-order chi connectivity index (χ0) is 17.9. The van der Waals surface area contributed by atoms with Gasteiger partial charge < -0.3 is 14.2 Å². The molecule has 0 N–H and O–H groups in total. The zero-order valence-electron chi connectivity index (χ0n) is 14.0. The van der Waals surface area contributed by atoms with E-state index in [9.17, 15) is 14.4 Å². The van der Waals surface area contributed by atoms with Gasteiger partial charge in [0.25, 0.3) is 11.5 Å². The Morgan fingerprint density at radius 1 is 1.29 bits per heavy atom. The largest absolute Gasteiger partial charge is 0.472 e. The number of benzene rings is 1. The van der Waals surface area contributed by atoms with Gasteiger partial charge in [0.2, 0.25) is 6.10 Å². The molecule has 2 aromatic rings. The van der Waals surface area contributed by atoms with E-state index >= 15 is 0 Å². The maximum absolute atomic E-state index is 12.4. The van der Waals surface area contributed by atoms with E-state index in [1.54, 1.807) is 50.6 Å². The number of hydrogen-bond donors (Lipinski definition) is 0. The number of pyridine rings is 1. The molecule has 1 aromatic carbocycles. The number of nitrogens with zero attached hydrogens (tertiary/aromatic N) is 2. The average molecular weight is 328 g/mol. The number of likely N-dealkylation sites (N-methyl/N-ethyl adjacent to an activating group) is 1. The molecule has 0 aliphatic heterocycles. The monoisotopic (exact) mass is 328 g/mol. The molecule has 0 saturated heterocycles. The molecule has 126 valence electrons. The topological polar surface area (TPSA) is 68.6 Å². The quantitative estimate of drug-likeness (QED) is 0.597. The van der Waals surface area contributed by atoms with Gasteiger partial charge in [0, 0.05) is 32.2 Å². The van der Waals surface area contributed by atoms with Crippen LogP contribution in [-0.2, 0) is 16.1 Å². The first-order valence-electron chi connectivity index (χ1n) is 7.48. The molecule has 6 nitrogen and oxygen atoms in total. The Bertz CT molecular complexity index is 852. The first kappa shape index (κ1) is 17.5. The molecule has 0 aliphatic carbocycles. The second-order valence-electron chi connectivity index (χ2n) is 5.62. The van der Waals surface area contributed by atoms with E-state index in [0.29, 0.717) is 23.1 Å². The number of ether oxygens (including phenoxy) is 1. The van der Waals surface area contributed by atoms with Crippen molar-refractivity contribution in [3.05, 3.63) is 53.5 Å². The molecule has 0 aliphatic rings. The van der Waals surface area contributed by atoms with Gasteiger partial charge in [-0.25, -0.2) is 0 Å². The van der Waals surface area contributed by atoms with Gasteiger partial charge in [-0.1, -0.05) is 12.1 Å². The Morgan fingerprint density at radius 2 is 2.00 bits per heavy atom. The first-order chi connectivity index (χ1) is 11.4. The first-order valence-corrected chi connectivity index (χ1v) is 7.48. The average Bonchev–Trinajstić information content (AvgIpc) is 2.54. The van der Waals surface area contributed by atoms with Crippen molar-refractivity contribution in [2.75, 3.05) is 14.1 Å². The number of rotatable bonds is 6. The zero-order valence-corrected chi connectivity index (χ0v) is 14.0. The van der Waals surface area contributed by atoms with Crippen molar-refractivity contribution in [3.63, 3.8) is 0 Å². The number of Topliss-reactive ketones (excluding diaryl/α,β-unsaturated/α-hetero) is 1. The van der Waals surface area contributed by atoms with Crippen LogP contribution in [-0.4, -0.2) is 41.4 Å². The summed E-state index contributed by atoms with van der Waals surface area (Å²) in [5.74, 6) is -0.518. The van der Waals surface area contributed by atoms with E-state index in [2.05, 4.69) is 6.58 Å². The molecule has 0 radical (unpaired) electrons. The molecule has 2 rings (SSSR count). The molecule has 1 unspecified atom stereocenters. The van der Waals surface area contributed by atoms with Crippen molar-refractivity contribution in [1.82, 2.24) is 9.47 Å². The molecule has 24 heavy (non-hydrogen) atoms. The Labute approximate surface area is 139 Å². The lowest BCUT2D eigenvalue weighted by Gasteiger charge is -2.20. The number of carbonyl (C=O) groups excluding carboxylic acids is 2. The van der Waals surface area contributed by atoms with Gasteiger partial charge in [0.1, 0.15) is 5.75 Å². The smallest absolute Gasteiger partial charge is 0.270 e. The summed E-state index contributed by atoms with van der Waals surface area (Å²) in [5.41, 5.74) is -0.184. The van der Waals surface area contributed by atoms with E-state index in [0.717, 1.165) is 0 Å². The van der Waals surface area contributed by atoms with Gasteiger partial charge in [-0.15, -0.1) is 6.58 Å². The van der Waals surface area contributed by atoms with E-state index in [1.807, 2.05) is 0 Å². The fraction of sp³-hybridized carbons (Fsp3) is 0.278. The maximum atomic E-state index is 12.4. The number of amides is 1. The van der Waals surface area contributed by atoms with Crippen LogP contribution in [0.15, 0.2) is 47.9 Å². The van der Waals surface area contributed by atoms with E-state index in [1.165, 1.54) is 16.4 Å². The van der Waals surface area contributed by atoms with Gasteiger partial charge in [-0.2, -0.15) is 0 Å². The highest BCUT2D eigenvalue weighted by molar-refractivity contribution is 6.03. The summed E-state index contributed by atoms with van der Waals surface area (Å²) in [6, 6.07) is 6.71. The number of ketones is 1. The van der Waals surface area contributed by atoms with Crippen LogP contribution >= 0.6 is 0 Å². The van der Waals surface area contributed by atoms with Crippen molar-refractivity contribution in [2.45, 2.75) is 19.6 Å². The fourth-order valence-corrected chi connectivity index (χ4v) is 2.34. The van der Waals surface area contributed by atoms with E-state index < -0.39 is 17.8 Å². The van der Waals surface area contributed by atoms with Crippen LogP contribution in [0.1, 0.15) is 6.92 Å². The predicted molar refractivity (Wildman–Crippen MR) is 92.2 cm³/mol. The summed E-state index contributed by atoms with van der Waals surface area (Å²) in [6.45, 7) is 5.32. The van der Waals surface area contributed by atoms with Crippen LogP contribution < -0.4 is 10.3 Å². The van der Waals surface area contributed by atoms with Crippen LogP contribution in [0.25, 0.3) is 10.8 Å². The summed E-state index contributed by atoms with van der Waals surface area (Å²) in [4.78, 5) is 37.7. The van der Waals surface area contributed by atoms with Crippen molar-refractivity contribution in [2.24, 2.45) is 0 Å². The summed E-state index contributed by atoms with van der Waals surface area (Å²) in [5, 5.41) is 1.01. The standard InChI is InChI=1S/C18H20N2O4/c1-5-10-20-11-9-13-14(17(20)22)7-6-8-15(13)24-16(12(2)21)18(23)19(3)4/h5-9,11,16H,1,10H2,2-4H3. The third-order valence-corrected chi connectivity index (χ3v) is 3.58. The highest BCUT2D eigenvalue weighted by atomic mass is 16.5. The lowest BCUT2D eigenvalue weighted by atomic mass is 10.1. The summed E-state index contributed by atoms with van der Waals surface area (Å²) in [6.07, 6.45) is 2.03. The van der Waals surface area contributed by atoms with Crippen LogP contribution in [0.2, 0.25) is 0 Å². The van der Waals surface area contributed by atoms with Crippen molar-refractivity contribution < 1.29 is 14.3 Å². The van der Waals surface area contributed by atoms with Gasteiger partial charge in [-0.3, -0.25) is 14.4 Å². The molecule has 1 atom stereocenters. The number of carbonyl (C=O) groups is 2. The molecule has 0 fully saturated rings. The second-order valence-corrected chi connectivity index (χ2v) is 5.62. The van der Waals surface area contributed by atoms with Gasteiger partial charge >= 0.3 is 0 Å². The minimum Gasteiger partial charge on any atom is -0.472 e. The van der Waals surface area contributed by atoms with E-state index in [-0.39, 0.29) is 5.56 Å². The fourth-order valence-electron chi connectivity index (χ4n) is 2.34. The SMILES string of the molecule is C=CCn1ccc2c(OC(C(C)=O)C(=O)N(C)C)cccc2c1=O. The van der Waals surface area contributed by atoms with Crippen molar-refractivity contribution in [1.29, 1.82) is 0 Å². The Kier molecular flexibility index (Phi) is 5.18. The lowest BCUT2D eigenvalue weighted by Crippen LogP contribution is -2.42. The molecule has 0 saturated carbocycles. The minimum absolute atomic E-state index is 0.184. The molecule has 1 aromatic heterocycles. The lowest BCUT2D eigenvalue weighted by molar-refractivity contribution is -0.142. The summed E-state index contributed by atoms with van der Waals surface area (Å²) in [7, 11) is 3.11. The molecule has 1 heterocycles. The molecular formula is C18H20N2O4. The summed E-state index contributed by atoms with van der Waals surface area (Å²) < 4.78 is 7.18. The molecule has 0 bridgehead atoms. The Balaban J connectivity index is 2.51. The highest BCUT2D eigenvalue weighted by Gasteiger charge is 2.27. The van der Waals surface area contributed by atoms with Crippen LogP contribution in [0.5, 0.6) is 5.75 Å². The molecule has 6 heteroatoms. The molecular weight excluding hydrogens is 308 g/mol. The van der Waals surface area contributed by atoms with Crippen LogP contribution in [0.4, 0.5) is 0 Å². The number of aromatic nitrogens is 1. The predicted octanol–water partition coefficient (Wildman–Crippen LogP) is 1.61. The second kappa shape index (κ2) is 7.12. The highest BCUT2D eigenvalue weighted by Crippen LogP contribution is 2.24. The Morgan fingerprint density at radius 3 is 2.58 bits per heavy atom. The maximum Gasteiger partial charge on any atom is 0.270 e. The Hall–Kier alpha value is -2.89. The summed E-state index contributed by atoms with van der Waals surface area (Å²) >= 11 is 0. The number of fused-ring (bicyclic) bond motifs is 1. The molecule has 1 amide bonds. The van der Waals surface area contributed by atoms with Gasteiger partial charge in [0.05, 0.1) is 5.39 Å². The van der Waals surface area contributed by atoms with E-state index in [4.69, 9.17) is 4.74 Å².